The topological polar surface area (TPSA) is 9.23 Å². The van der Waals surface area contributed by atoms with Crippen LogP contribution in [-0.2, 0) is 4.74 Å². The fourth-order valence-electron chi connectivity index (χ4n) is 6.97. The lowest BCUT2D eigenvalue weighted by molar-refractivity contribution is -0.0442. The van der Waals surface area contributed by atoms with Gasteiger partial charge in [0.2, 0.25) is 0 Å². The van der Waals surface area contributed by atoms with E-state index in [1.807, 2.05) is 6.08 Å². The molecule has 0 aromatic rings. The van der Waals surface area contributed by atoms with Crippen molar-refractivity contribution in [2.75, 3.05) is 6.61 Å². The van der Waals surface area contributed by atoms with E-state index >= 15 is 0 Å². The number of hydrogen-bond acceptors (Lipinski definition) is 1. The molecule has 0 radical (unpaired) electrons. The van der Waals surface area contributed by atoms with Gasteiger partial charge in [-0.1, -0.05) is 38.0 Å². The van der Waals surface area contributed by atoms with Gasteiger partial charge in [-0.3, -0.25) is 0 Å². The third kappa shape index (κ3) is 2.46. The third-order valence-electron chi connectivity index (χ3n) is 8.29. The second-order valence-corrected chi connectivity index (χ2v) is 9.33. The molecule has 0 amide bonds. The second kappa shape index (κ2) is 5.76. The van der Waals surface area contributed by atoms with Gasteiger partial charge in [-0.05, 0) is 80.0 Å². The molecule has 0 aromatic carbocycles. The largest absolute Gasteiger partial charge is 0.374 e. The van der Waals surface area contributed by atoms with Gasteiger partial charge in [0, 0.05) is 0 Å². The van der Waals surface area contributed by atoms with Crippen molar-refractivity contribution in [1.29, 1.82) is 0 Å². The highest BCUT2D eigenvalue weighted by atomic mass is 16.5. The summed E-state index contributed by atoms with van der Waals surface area (Å²) in [5.41, 5.74) is 2.88. The molecule has 4 aliphatic rings. The molecule has 0 bridgehead atoms. The van der Waals surface area contributed by atoms with Crippen molar-refractivity contribution in [3.63, 3.8) is 0 Å². The molecule has 0 aromatic heterocycles. The van der Waals surface area contributed by atoms with Gasteiger partial charge in [0.25, 0.3) is 0 Å². The minimum atomic E-state index is 0.434. The second-order valence-electron chi connectivity index (χ2n) is 9.33. The first kappa shape index (κ1) is 15.9. The molecule has 0 heterocycles. The number of rotatable bonds is 3. The SMILES string of the molecule is C=CCO[C@@H]1CC[C@@]2(C)C(=CC[C@@H]3[C@H]4CCC[C@]4(C)CC[C@H]32)C1. The van der Waals surface area contributed by atoms with Crippen LogP contribution >= 0.6 is 0 Å². The zero-order chi connectivity index (χ0) is 16.1. The summed E-state index contributed by atoms with van der Waals surface area (Å²) in [6.07, 6.45) is 17.5. The van der Waals surface area contributed by atoms with Gasteiger partial charge in [0.1, 0.15) is 0 Å². The van der Waals surface area contributed by atoms with E-state index in [0.717, 1.165) is 17.8 Å². The molecule has 23 heavy (non-hydrogen) atoms. The average molecular weight is 315 g/mol. The summed E-state index contributed by atoms with van der Waals surface area (Å²) in [4.78, 5) is 0. The first-order chi connectivity index (χ1) is 11.1. The van der Waals surface area contributed by atoms with Crippen molar-refractivity contribution >= 4 is 0 Å². The van der Waals surface area contributed by atoms with E-state index in [1.54, 1.807) is 5.57 Å². The minimum absolute atomic E-state index is 0.434. The van der Waals surface area contributed by atoms with Crippen LogP contribution in [0.4, 0.5) is 0 Å². The lowest BCUT2D eigenvalue weighted by atomic mass is 9.48. The third-order valence-corrected chi connectivity index (χ3v) is 8.29. The summed E-state index contributed by atoms with van der Waals surface area (Å²) >= 11 is 0. The number of allylic oxidation sites excluding steroid dienone is 1. The zero-order valence-electron chi connectivity index (χ0n) is 15.2. The fourth-order valence-corrected chi connectivity index (χ4v) is 6.97. The summed E-state index contributed by atoms with van der Waals surface area (Å²) in [7, 11) is 0. The van der Waals surface area contributed by atoms with Crippen molar-refractivity contribution < 1.29 is 4.74 Å². The van der Waals surface area contributed by atoms with Gasteiger partial charge in [-0.25, -0.2) is 0 Å². The molecule has 128 valence electrons. The van der Waals surface area contributed by atoms with Gasteiger partial charge in [0.15, 0.2) is 0 Å². The van der Waals surface area contributed by atoms with E-state index < -0.39 is 0 Å². The highest BCUT2D eigenvalue weighted by Gasteiger charge is 2.55. The Morgan fingerprint density at radius 3 is 2.87 bits per heavy atom. The maximum Gasteiger partial charge on any atom is 0.0648 e. The lowest BCUT2D eigenvalue weighted by Gasteiger charge is -2.57. The summed E-state index contributed by atoms with van der Waals surface area (Å²) in [6.45, 7) is 9.70. The highest BCUT2D eigenvalue weighted by molar-refractivity contribution is 5.25. The normalized spacial score (nSPS) is 48.9. The van der Waals surface area contributed by atoms with E-state index in [2.05, 4.69) is 26.5 Å². The Morgan fingerprint density at radius 1 is 1.17 bits per heavy atom. The first-order valence-corrected chi connectivity index (χ1v) is 9.99. The molecule has 0 N–H and O–H groups in total. The standard InChI is InChI=1S/C22H34O/c1-4-14-23-17-9-13-22(3)16(15-17)7-8-18-19-6-5-11-21(19,2)12-10-20(18)22/h4,7,17-20H,1,5-6,8-15H2,2-3H3/t17-,18-,19-,20-,21-,22+/m1/s1. The Hall–Kier alpha value is -0.560. The number of fused-ring (bicyclic) bond motifs is 5. The summed E-state index contributed by atoms with van der Waals surface area (Å²) < 4.78 is 5.99. The Labute approximate surface area is 142 Å². The minimum Gasteiger partial charge on any atom is -0.374 e. The predicted molar refractivity (Wildman–Crippen MR) is 96.3 cm³/mol. The van der Waals surface area contributed by atoms with Crippen LogP contribution in [0, 0.1) is 28.6 Å². The molecule has 4 aliphatic carbocycles. The van der Waals surface area contributed by atoms with E-state index in [-0.39, 0.29) is 0 Å². The maximum absolute atomic E-state index is 5.99. The molecule has 1 nitrogen and oxygen atoms in total. The zero-order valence-corrected chi connectivity index (χ0v) is 15.2. The van der Waals surface area contributed by atoms with Crippen LogP contribution in [0.15, 0.2) is 24.3 Å². The van der Waals surface area contributed by atoms with Crippen molar-refractivity contribution in [3.8, 4) is 0 Å². The van der Waals surface area contributed by atoms with Gasteiger partial charge in [-0.2, -0.15) is 0 Å². The molecule has 0 spiro atoms. The van der Waals surface area contributed by atoms with E-state index in [0.29, 0.717) is 23.5 Å². The van der Waals surface area contributed by atoms with Crippen LogP contribution in [0.2, 0.25) is 0 Å². The van der Waals surface area contributed by atoms with Crippen LogP contribution in [0.3, 0.4) is 0 Å². The van der Waals surface area contributed by atoms with E-state index in [9.17, 15) is 0 Å². The molecule has 4 rings (SSSR count). The predicted octanol–water partition coefficient (Wildman–Crippen LogP) is 5.91. The van der Waals surface area contributed by atoms with Gasteiger partial charge >= 0.3 is 0 Å². The van der Waals surface area contributed by atoms with Crippen LogP contribution < -0.4 is 0 Å². The molecule has 1 heteroatoms. The quantitative estimate of drug-likeness (QED) is 0.588. The number of ether oxygens (including phenoxy) is 1. The molecule has 0 saturated heterocycles. The number of hydrogen-bond donors (Lipinski definition) is 0. The molecule has 3 fully saturated rings. The molecule has 3 saturated carbocycles. The average Bonchev–Trinajstić information content (AvgIpc) is 2.94. The Balaban J connectivity index is 1.56. The van der Waals surface area contributed by atoms with E-state index in [1.165, 1.54) is 57.8 Å². The Morgan fingerprint density at radius 2 is 2.04 bits per heavy atom. The molecular weight excluding hydrogens is 280 g/mol. The van der Waals surface area contributed by atoms with Crippen LogP contribution in [-0.4, -0.2) is 12.7 Å². The first-order valence-electron chi connectivity index (χ1n) is 9.99. The maximum atomic E-state index is 5.99. The van der Waals surface area contributed by atoms with Gasteiger partial charge < -0.3 is 4.74 Å². The lowest BCUT2D eigenvalue weighted by Crippen LogP contribution is -2.49. The van der Waals surface area contributed by atoms with Crippen molar-refractivity contribution in [2.45, 2.75) is 77.7 Å². The van der Waals surface area contributed by atoms with Gasteiger partial charge in [-0.15, -0.1) is 6.58 Å². The van der Waals surface area contributed by atoms with Crippen LogP contribution in [0.25, 0.3) is 0 Å². The van der Waals surface area contributed by atoms with E-state index in [4.69, 9.17) is 4.74 Å². The smallest absolute Gasteiger partial charge is 0.0648 e. The Kier molecular flexibility index (Phi) is 3.99. The Bertz CT molecular complexity index is 506. The molecule has 6 atom stereocenters. The van der Waals surface area contributed by atoms with Crippen molar-refractivity contribution in [2.24, 2.45) is 28.6 Å². The van der Waals surface area contributed by atoms with Crippen molar-refractivity contribution in [1.82, 2.24) is 0 Å². The van der Waals surface area contributed by atoms with Gasteiger partial charge in [0.05, 0.1) is 12.7 Å². The molecule has 0 unspecified atom stereocenters. The monoisotopic (exact) mass is 314 g/mol. The molecule has 0 aliphatic heterocycles. The van der Waals surface area contributed by atoms with Crippen molar-refractivity contribution in [3.05, 3.63) is 24.3 Å². The summed E-state index contributed by atoms with van der Waals surface area (Å²) in [5, 5.41) is 0. The highest BCUT2D eigenvalue weighted by Crippen LogP contribution is 2.64. The summed E-state index contributed by atoms with van der Waals surface area (Å²) in [5.74, 6) is 2.92. The van der Waals surface area contributed by atoms with Crippen LogP contribution in [0.1, 0.15) is 71.6 Å². The summed E-state index contributed by atoms with van der Waals surface area (Å²) in [6, 6.07) is 0. The fraction of sp³-hybridized carbons (Fsp3) is 0.818. The van der Waals surface area contributed by atoms with Crippen LogP contribution in [0.5, 0.6) is 0 Å². The molecular formula is C22H34O.